The molecule has 1 heterocycles. The standard InChI is InChI=1S/C18H33N3OS/c1-5-23-13-8-6-7-12(11-13)20-17(19-4)21-15-14-9-10-22-16(14)18(15,2)3/h12-16H,5-11H2,1-4H3,(H2,19,20,21). The molecule has 0 aromatic rings. The summed E-state index contributed by atoms with van der Waals surface area (Å²) in [5.41, 5.74) is 0.200. The Labute approximate surface area is 145 Å². The third-order valence-corrected chi connectivity index (χ3v) is 7.22. The normalized spacial score (nSPS) is 39.5. The fourth-order valence-electron chi connectivity index (χ4n) is 4.79. The molecule has 5 unspecified atom stereocenters. The molecule has 0 aromatic carbocycles. The zero-order valence-electron chi connectivity index (χ0n) is 15.1. The van der Waals surface area contributed by atoms with E-state index in [9.17, 15) is 0 Å². The van der Waals surface area contributed by atoms with Gasteiger partial charge in [0.15, 0.2) is 5.96 Å². The van der Waals surface area contributed by atoms with Crippen LogP contribution in [0.5, 0.6) is 0 Å². The maximum atomic E-state index is 5.90. The van der Waals surface area contributed by atoms with Crippen molar-refractivity contribution in [1.29, 1.82) is 0 Å². The number of nitrogens with one attached hydrogen (secondary N) is 2. The average Bonchev–Trinajstić information content (AvgIpc) is 2.99. The van der Waals surface area contributed by atoms with Crippen molar-refractivity contribution in [3.05, 3.63) is 0 Å². The first-order valence-electron chi connectivity index (χ1n) is 9.29. The van der Waals surface area contributed by atoms with Crippen LogP contribution in [-0.2, 0) is 4.74 Å². The Morgan fingerprint density at radius 3 is 2.83 bits per heavy atom. The van der Waals surface area contributed by atoms with Gasteiger partial charge in [-0.05, 0) is 31.4 Å². The third kappa shape index (κ3) is 3.51. The summed E-state index contributed by atoms with van der Waals surface area (Å²) in [6, 6.07) is 1.04. The monoisotopic (exact) mass is 339 g/mol. The van der Waals surface area contributed by atoms with Gasteiger partial charge in [-0.2, -0.15) is 11.8 Å². The molecule has 2 aliphatic carbocycles. The van der Waals surface area contributed by atoms with Crippen LogP contribution < -0.4 is 10.6 Å². The van der Waals surface area contributed by atoms with E-state index in [2.05, 4.69) is 48.2 Å². The molecule has 1 aliphatic heterocycles. The minimum absolute atomic E-state index is 0.200. The molecule has 0 spiro atoms. The summed E-state index contributed by atoms with van der Waals surface area (Å²) in [7, 11) is 1.89. The van der Waals surface area contributed by atoms with Gasteiger partial charge >= 0.3 is 0 Å². The van der Waals surface area contributed by atoms with Gasteiger partial charge in [0.05, 0.1) is 6.10 Å². The Balaban J connectivity index is 1.54. The first kappa shape index (κ1) is 17.4. The number of rotatable bonds is 4. The molecule has 4 nitrogen and oxygen atoms in total. The molecule has 3 aliphatic rings. The maximum Gasteiger partial charge on any atom is 0.191 e. The number of fused-ring (bicyclic) bond motifs is 1. The molecule has 0 bridgehead atoms. The van der Waals surface area contributed by atoms with Crippen LogP contribution in [0.25, 0.3) is 0 Å². The van der Waals surface area contributed by atoms with E-state index in [0.29, 0.717) is 24.1 Å². The molecule has 5 atom stereocenters. The Kier molecular flexibility index (Phi) is 5.46. The number of nitrogens with zero attached hydrogens (tertiary/aromatic N) is 1. The lowest BCUT2D eigenvalue weighted by molar-refractivity contribution is -0.106. The lowest BCUT2D eigenvalue weighted by Gasteiger charge is -2.55. The van der Waals surface area contributed by atoms with E-state index in [-0.39, 0.29) is 5.41 Å². The first-order chi connectivity index (χ1) is 11.1. The van der Waals surface area contributed by atoms with Crippen LogP contribution >= 0.6 is 11.8 Å². The van der Waals surface area contributed by atoms with Crippen LogP contribution in [0.3, 0.4) is 0 Å². The molecule has 3 rings (SSSR count). The van der Waals surface area contributed by atoms with Gasteiger partial charge in [0, 0.05) is 42.3 Å². The third-order valence-electron chi connectivity index (χ3n) is 5.99. The van der Waals surface area contributed by atoms with E-state index in [1.54, 1.807) is 0 Å². The topological polar surface area (TPSA) is 45.7 Å². The highest BCUT2D eigenvalue weighted by Gasteiger charge is 2.59. The van der Waals surface area contributed by atoms with E-state index in [1.807, 2.05) is 7.05 Å². The number of ether oxygens (including phenoxy) is 1. The lowest BCUT2D eigenvalue weighted by atomic mass is 9.57. The minimum Gasteiger partial charge on any atom is -0.377 e. The van der Waals surface area contributed by atoms with E-state index in [1.165, 1.54) is 37.9 Å². The molecule has 2 saturated carbocycles. The molecule has 3 fully saturated rings. The smallest absolute Gasteiger partial charge is 0.191 e. The highest BCUT2D eigenvalue weighted by molar-refractivity contribution is 7.99. The van der Waals surface area contributed by atoms with Gasteiger partial charge < -0.3 is 15.4 Å². The maximum absolute atomic E-state index is 5.90. The number of hydrogen-bond donors (Lipinski definition) is 2. The number of hydrogen-bond acceptors (Lipinski definition) is 3. The van der Waals surface area contributed by atoms with Crippen LogP contribution in [0.4, 0.5) is 0 Å². The highest BCUT2D eigenvalue weighted by Crippen LogP contribution is 2.52. The van der Waals surface area contributed by atoms with Crippen molar-refractivity contribution in [3.63, 3.8) is 0 Å². The molecule has 5 heteroatoms. The SMILES string of the molecule is CCSC1CCCC(NC(=NC)NC2C3CCOC3C2(C)C)C1. The summed E-state index contributed by atoms with van der Waals surface area (Å²) in [6.45, 7) is 7.82. The molecule has 23 heavy (non-hydrogen) atoms. The molecule has 0 aromatic heterocycles. The Bertz CT molecular complexity index is 438. The molecular formula is C18H33N3OS. The van der Waals surface area contributed by atoms with Crippen molar-refractivity contribution in [2.45, 2.75) is 76.3 Å². The van der Waals surface area contributed by atoms with Crippen molar-refractivity contribution in [1.82, 2.24) is 10.6 Å². The van der Waals surface area contributed by atoms with Gasteiger partial charge in [-0.1, -0.05) is 27.2 Å². The van der Waals surface area contributed by atoms with E-state index in [4.69, 9.17) is 4.74 Å². The molecule has 132 valence electrons. The quantitative estimate of drug-likeness (QED) is 0.610. The van der Waals surface area contributed by atoms with Gasteiger partial charge in [0.1, 0.15) is 0 Å². The minimum atomic E-state index is 0.200. The van der Waals surface area contributed by atoms with Crippen LogP contribution in [0, 0.1) is 11.3 Å². The van der Waals surface area contributed by atoms with E-state index < -0.39 is 0 Å². The second-order valence-corrected chi connectivity index (χ2v) is 9.42. The molecule has 0 radical (unpaired) electrons. The van der Waals surface area contributed by atoms with Gasteiger partial charge in [-0.25, -0.2) is 0 Å². The van der Waals surface area contributed by atoms with Gasteiger partial charge in [-0.3, -0.25) is 4.99 Å². The Hall–Kier alpha value is -0.420. The predicted octanol–water partition coefficient (Wildman–Crippen LogP) is 3.03. The fourth-order valence-corrected chi connectivity index (χ4v) is 5.96. The summed E-state index contributed by atoms with van der Waals surface area (Å²) < 4.78 is 5.90. The van der Waals surface area contributed by atoms with Gasteiger partial charge in [-0.15, -0.1) is 0 Å². The van der Waals surface area contributed by atoms with E-state index in [0.717, 1.165) is 17.8 Å². The fraction of sp³-hybridized carbons (Fsp3) is 0.944. The number of thioether (sulfide) groups is 1. The number of guanidine groups is 1. The largest absolute Gasteiger partial charge is 0.377 e. The Morgan fingerprint density at radius 1 is 1.26 bits per heavy atom. The van der Waals surface area contributed by atoms with Crippen LogP contribution in [-0.4, -0.2) is 48.8 Å². The zero-order chi connectivity index (χ0) is 16.4. The number of aliphatic imine (C=N–C) groups is 1. The Morgan fingerprint density at radius 2 is 2.09 bits per heavy atom. The molecular weight excluding hydrogens is 306 g/mol. The molecule has 2 N–H and O–H groups in total. The van der Waals surface area contributed by atoms with Crippen molar-refractivity contribution in [2.75, 3.05) is 19.4 Å². The summed E-state index contributed by atoms with van der Waals surface area (Å²) in [5.74, 6) is 2.86. The van der Waals surface area contributed by atoms with Crippen LogP contribution in [0.2, 0.25) is 0 Å². The lowest BCUT2D eigenvalue weighted by Crippen LogP contribution is -2.68. The summed E-state index contributed by atoms with van der Waals surface area (Å²) >= 11 is 2.12. The van der Waals surface area contributed by atoms with Crippen molar-refractivity contribution < 1.29 is 4.74 Å². The van der Waals surface area contributed by atoms with Crippen molar-refractivity contribution in [3.8, 4) is 0 Å². The highest BCUT2D eigenvalue weighted by atomic mass is 32.2. The van der Waals surface area contributed by atoms with Crippen molar-refractivity contribution in [2.24, 2.45) is 16.3 Å². The molecule has 0 amide bonds. The first-order valence-corrected chi connectivity index (χ1v) is 10.3. The van der Waals surface area contributed by atoms with E-state index >= 15 is 0 Å². The summed E-state index contributed by atoms with van der Waals surface area (Å²) in [5, 5.41) is 8.22. The average molecular weight is 340 g/mol. The summed E-state index contributed by atoms with van der Waals surface area (Å²) in [4.78, 5) is 4.50. The molecule has 1 saturated heterocycles. The van der Waals surface area contributed by atoms with Crippen LogP contribution in [0.1, 0.15) is 52.9 Å². The zero-order valence-corrected chi connectivity index (χ0v) is 15.9. The van der Waals surface area contributed by atoms with Crippen LogP contribution in [0.15, 0.2) is 4.99 Å². The predicted molar refractivity (Wildman–Crippen MR) is 99.2 cm³/mol. The summed E-state index contributed by atoms with van der Waals surface area (Å²) in [6.07, 6.45) is 6.85. The van der Waals surface area contributed by atoms with Crippen molar-refractivity contribution >= 4 is 17.7 Å². The van der Waals surface area contributed by atoms with Gasteiger partial charge in [0.25, 0.3) is 0 Å². The second-order valence-electron chi connectivity index (χ2n) is 7.84. The van der Waals surface area contributed by atoms with Gasteiger partial charge in [0.2, 0.25) is 0 Å². The second kappa shape index (κ2) is 7.22.